The summed E-state index contributed by atoms with van der Waals surface area (Å²) in [5.41, 5.74) is 0.892. The van der Waals surface area contributed by atoms with Crippen molar-refractivity contribution in [3.05, 3.63) is 35.9 Å². The van der Waals surface area contributed by atoms with Gasteiger partial charge < -0.3 is 4.90 Å². The van der Waals surface area contributed by atoms with Crippen LogP contribution in [0.25, 0.3) is 0 Å². The number of hydrogen-bond donors (Lipinski definition) is 0. The third-order valence-electron chi connectivity index (χ3n) is 2.18. The van der Waals surface area contributed by atoms with Crippen molar-refractivity contribution in [1.82, 2.24) is 0 Å². The Labute approximate surface area is 97.9 Å². The Kier molecular flexibility index (Phi) is 3.03. The molecule has 0 bridgehead atoms. The zero-order valence-electron chi connectivity index (χ0n) is 8.07. The molecule has 2 rings (SSSR count). The maximum absolute atomic E-state index is 11.7. The first kappa shape index (κ1) is 10.6. The van der Waals surface area contributed by atoms with E-state index in [2.05, 4.69) is 6.58 Å². The Balaban J connectivity index is 2.45. The summed E-state index contributed by atoms with van der Waals surface area (Å²) in [5, 5.41) is 0.651. The number of anilines is 1. The van der Waals surface area contributed by atoms with Gasteiger partial charge in [0.15, 0.2) is 0 Å². The molecule has 0 spiro atoms. The Bertz CT molecular complexity index is 419. The molecule has 0 fully saturated rings. The van der Waals surface area contributed by atoms with E-state index in [0.29, 0.717) is 17.3 Å². The molecule has 1 aromatic rings. The van der Waals surface area contributed by atoms with E-state index in [4.69, 9.17) is 11.6 Å². The fourth-order valence-corrected chi connectivity index (χ4v) is 2.59. The minimum absolute atomic E-state index is 0.106. The Morgan fingerprint density at radius 1 is 1.60 bits per heavy atom. The highest BCUT2D eigenvalue weighted by Crippen LogP contribution is 2.36. The van der Waals surface area contributed by atoms with Gasteiger partial charge in [-0.1, -0.05) is 17.7 Å². The number of carbonyl (C=O) groups excluding carboxylic acids is 1. The fourth-order valence-electron chi connectivity index (χ4n) is 1.50. The Hall–Kier alpha value is -0.930. The zero-order valence-corrected chi connectivity index (χ0v) is 9.64. The first-order valence-electron chi connectivity index (χ1n) is 4.56. The molecule has 0 aliphatic carbocycles. The van der Waals surface area contributed by atoms with Gasteiger partial charge >= 0.3 is 0 Å². The molecule has 1 heterocycles. The lowest BCUT2D eigenvalue weighted by atomic mass is 10.2. The molecule has 0 aromatic heterocycles. The van der Waals surface area contributed by atoms with Crippen molar-refractivity contribution in [3.63, 3.8) is 0 Å². The average molecular weight is 240 g/mol. The highest BCUT2D eigenvalue weighted by Gasteiger charge is 2.23. The van der Waals surface area contributed by atoms with Gasteiger partial charge in [-0.15, -0.1) is 18.3 Å². The second-order valence-electron chi connectivity index (χ2n) is 3.19. The molecule has 0 radical (unpaired) electrons. The van der Waals surface area contributed by atoms with Crippen LogP contribution in [0.15, 0.2) is 35.7 Å². The van der Waals surface area contributed by atoms with Gasteiger partial charge in [-0.2, -0.15) is 0 Å². The van der Waals surface area contributed by atoms with E-state index in [0.717, 1.165) is 10.6 Å². The maximum Gasteiger partial charge on any atom is 0.237 e. The Morgan fingerprint density at radius 3 is 3.13 bits per heavy atom. The van der Waals surface area contributed by atoms with Crippen molar-refractivity contribution in [1.29, 1.82) is 0 Å². The molecular formula is C11H10ClNOS. The maximum atomic E-state index is 11.7. The number of hydrogen-bond acceptors (Lipinski definition) is 2. The van der Waals surface area contributed by atoms with Crippen molar-refractivity contribution in [2.24, 2.45) is 0 Å². The van der Waals surface area contributed by atoms with E-state index in [1.807, 2.05) is 18.2 Å². The molecule has 1 aliphatic rings. The van der Waals surface area contributed by atoms with E-state index >= 15 is 0 Å². The summed E-state index contributed by atoms with van der Waals surface area (Å²) in [6.07, 6.45) is 1.72. The van der Waals surface area contributed by atoms with Gasteiger partial charge in [-0.3, -0.25) is 4.79 Å². The molecular weight excluding hydrogens is 230 g/mol. The van der Waals surface area contributed by atoms with E-state index in [9.17, 15) is 4.79 Å². The molecule has 2 nitrogen and oxygen atoms in total. The molecule has 0 atom stereocenters. The van der Waals surface area contributed by atoms with Crippen LogP contribution < -0.4 is 4.90 Å². The van der Waals surface area contributed by atoms with Crippen molar-refractivity contribution >= 4 is 35.0 Å². The minimum Gasteiger partial charge on any atom is -0.307 e. The molecule has 0 saturated heterocycles. The predicted octanol–water partition coefficient (Wildman–Crippen LogP) is 2.96. The van der Waals surface area contributed by atoms with Crippen LogP contribution >= 0.6 is 23.4 Å². The first-order valence-corrected chi connectivity index (χ1v) is 5.92. The smallest absolute Gasteiger partial charge is 0.237 e. The summed E-state index contributed by atoms with van der Waals surface area (Å²) in [4.78, 5) is 14.5. The summed E-state index contributed by atoms with van der Waals surface area (Å²) in [7, 11) is 0. The summed E-state index contributed by atoms with van der Waals surface area (Å²) in [5.74, 6) is 0.595. The van der Waals surface area contributed by atoms with Crippen LogP contribution in [0.4, 0.5) is 5.69 Å². The highest BCUT2D eigenvalue weighted by molar-refractivity contribution is 8.00. The highest BCUT2D eigenvalue weighted by atomic mass is 35.5. The van der Waals surface area contributed by atoms with Gasteiger partial charge in [0, 0.05) is 16.5 Å². The molecule has 0 unspecified atom stereocenters. The van der Waals surface area contributed by atoms with Crippen LogP contribution in [0.5, 0.6) is 0 Å². The van der Waals surface area contributed by atoms with Crippen LogP contribution in [0, 0.1) is 0 Å². The lowest BCUT2D eigenvalue weighted by molar-refractivity contribution is -0.116. The molecule has 0 N–H and O–H groups in total. The van der Waals surface area contributed by atoms with Gasteiger partial charge in [-0.05, 0) is 18.2 Å². The van der Waals surface area contributed by atoms with Crippen molar-refractivity contribution in [2.45, 2.75) is 4.90 Å². The number of nitrogens with zero attached hydrogens (tertiary/aromatic N) is 1. The van der Waals surface area contributed by atoms with Gasteiger partial charge in [0.2, 0.25) is 5.91 Å². The number of carbonyl (C=O) groups is 1. The van der Waals surface area contributed by atoms with Crippen LogP contribution in [-0.4, -0.2) is 18.2 Å². The second kappa shape index (κ2) is 4.29. The largest absolute Gasteiger partial charge is 0.307 e. The lowest BCUT2D eigenvalue weighted by Gasteiger charge is -2.27. The number of fused-ring (bicyclic) bond motifs is 1. The van der Waals surface area contributed by atoms with E-state index in [1.165, 1.54) is 0 Å². The third kappa shape index (κ3) is 2.03. The van der Waals surface area contributed by atoms with E-state index in [-0.39, 0.29) is 5.91 Å². The number of benzene rings is 1. The van der Waals surface area contributed by atoms with Gasteiger partial charge in [0.1, 0.15) is 0 Å². The van der Waals surface area contributed by atoms with Gasteiger partial charge in [-0.25, -0.2) is 0 Å². The molecule has 1 aliphatic heterocycles. The molecule has 78 valence electrons. The fraction of sp³-hybridized carbons (Fsp3) is 0.182. The van der Waals surface area contributed by atoms with Crippen molar-refractivity contribution in [3.8, 4) is 0 Å². The number of halogens is 1. The van der Waals surface area contributed by atoms with Gasteiger partial charge in [0.25, 0.3) is 0 Å². The second-order valence-corrected chi connectivity index (χ2v) is 4.65. The summed E-state index contributed by atoms with van der Waals surface area (Å²) in [6, 6.07) is 5.62. The number of thioether (sulfide) groups is 1. The molecule has 1 amide bonds. The van der Waals surface area contributed by atoms with Gasteiger partial charge in [0.05, 0.1) is 11.4 Å². The van der Waals surface area contributed by atoms with E-state index in [1.54, 1.807) is 22.7 Å². The topological polar surface area (TPSA) is 20.3 Å². The molecule has 15 heavy (non-hydrogen) atoms. The summed E-state index contributed by atoms with van der Waals surface area (Å²) >= 11 is 7.47. The standard InChI is InChI=1S/C11H10ClNOS/c1-2-5-13-9-6-8(12)3-4-10(9)15-7-11(13)14/h2-4,6H,1,5,7H2. The normalized spacial score (nSPS) is 15.0. The zero-order chi connectivity index (χ0) is 10.8. The Morgan fingerprint density at radius 2 is 2.40 bits per heavy atom. The predicted molar refractivity (Wildman–Crippen MR) is 64.7 cm³/mol. The molecule has 1 aromatic carbocycles. The number of rotatable bonds is 2. The van der Waals surface area contributed by atoms with Crippen LogP contribution in [0.2, 0.25) is 5.02 Å². The first-order chi connectivity index (χ1) is 7.22. The van der Waals surface area contributed by atoms with E-state index < -0.39 is 0 Å². The quantitative estimate of drug-likeness (QED) is 0.740. The van der Waals surface area contributed by atoms with Crippen molar-refractivity contribution in [2.75, 3.05) is 17.2 Å². The summed E-state index contributed by atoms with van der Waals surface area (Å²) < 4.78 is 0. The SMILES string of the molecule is C=CCN1C(=O)CSc2ccc(Cl)cc21. The lowest BCUT2D eigenvalue weighted by Crippen LogP contribution is -2.35. The van der Waals surface area contributed by atoms with Crippen LogP contribution in [0.1, 0.15) is 0 Å². The van der Waals surface area contributed by atoms with Crippen LogP contribution in [0.3, 0.4) is 0 Å². The summed E-state index contributed by atoms with van der Waals surface area (Å²) in [6.45, 7) is 4.19. The third-order valence-corrected chi connectivity index (χ3v) is 3.46. The molecule has 0 saturated carbocycles. The average Bonchev–Trinajstić information content (AvgIpc) is 2.23. The van der Waals surface area contributed by atoms with Crippen LogP contribution in [-0.2, 0) is 4.79 Å². The van der Waals surface area contributed by atoms with Crippen molar-refractivity contribution < 1.29 is 4.79 Å². The molecule has 4 heteroatoms. The minimum atomic E-state index is 0.106. The number of amides is 1. The monoisotopic (exact) mass is 239 g/mol.